The highest BCUT2D eigenvalue weighted by atomic mass is 16.6. The summed E-state index contributed by atoms with van der Waals surface area (Å²) in [6, 6.07) is 0.635. The van der Waals surface area contributed by atoms with Gasteiger partial charge in [0, 0.05) is 13.0 Å². The van der Waals surface area contributed by atoms with Gasteiger partial charge in [0.1, 0.15) is 0 Å². The molecule has 2 N–H and O–H groups in total. The lowest BCUT2D eigenvalue weighted by Gasteiger charge is -2.56. The fourth-order valence-corrected chi connectivity index (χ4v) is 12.9. The summed E-state index contributed by atoms with van der Waals surface area (Å²) in [5.74, 6) is 3.45. The van der Waals surface area contributed by atoms with E-state index in [4.69, 9.17) is 9.47 Å². The Balaban J connectivity index is 1.29. The van der Waals surface area contributed by atoms with Gasteiger partial charge in [-0.05, 0) is 130 Å². The third-order valence-corrected chi connectivity index (χ3v) is 14.2. The van der Waals surface area contributed by atoms with Gasteiger partial charge in [0.25, 0.3) is 0 Å². The monoisotopic (exact) mass is 529 g/mol. The van der Waals surface area contributed by atoms with E-state index >= 15 is 0 Å². The molecule has 0 aromatic carbocycles. The van der Waals surface area contributed by atoms with Crippen LogP contribution in [-0.4, -0.2) is 48.1 Å². The van der Waals surface area contributed by atoms with E-state index in [0.29, 0.717) is 33.6 Å². The first-order valence-electron chi connectivity index (χ1n) is 16.0. The van der Waals surface area contributed by atoms with Gasteiger partial charge in [-0.1, -0.05) is 34.1 Å². The Labute approximate surface area is 231 Å². The molecule has 5 saturated carbocycles. The van der Waals surface area contributed by atoms with Crippen molar-refractivity contribution < 1.29 is 19.4 Å². The summed E-state index contributed by atoms with van der Waals surface area (Å²) in [6.45, 7) is 15.3. The van der Waals surface area contributed by atoms with Crippen molar-refractivity contribution in [2.75, 3.05) is 7.05 Å². The Bertz CT molecular complexity index is 957. The normalized spacial score (nSPS) is 51.8. The number of hydrogen-bond acceptors (Lipinski definition) is 5. The molecule has 38 heavy (non-hydrogen) atoms. The third-order valence-electron chi connectivity index (χ3n) is 14.2. The van der Waals surface area contributed by atoms with Crippen LogP contribution in [0, 0.1) is 51.2 Å². The number of ether oxygens (including phenoxy) is 2. The van der Waals surface area contributed by atoms with Crippen molar-refractivity contribution in [2.45, 2.75) is 143 Å². The molecule has 0 aromatic rings. The fraction of sp³-hybridized carbons (Fsp3) is 0.970. The molecule has 2 spiro atoms. The maximum Gasteiger partial charge on any atom is 0.303 e. The van der Waals surface area contributed by atoms with Gasteiger partial charge in [0.2, 0.25) is 0 Å². The number of carbonyl (C=O) groups excluding carboxylic acids is 1. The van der Waals surface area contributed by atoms with Crippen LogP contribution in [0.1, 0.15) is 113 Å². The second kappa shape index (κ2) is 8.68. The average Bonchev–Trinajstić information content (AvgIpc) is 3.27. The minimum absolute atomic E-state index is 0.221. The Kier molecular flexibility index (Phi) is 6.28. The maximum atomic E-state index is 11.9. The first-order chi connectivity index (χ1) is 17.7. The van der Waals surface area contributed by atoms with Crippen molar-refractivity contribution in [3.05, 3.63) is 0 Å². The molecule has 0 bridgehead atoms. The molecule has 0 amide bonds. The first-order valence-corrected chi connectivity index (χ1v) is 16.0. The minimum atomic E-state index is -1.12. The van der Waals surface area contributed by atoms with Crippen LogP contribution in [0.4, 0.5) is 0 Å². The summed E-state index contributed by atoms with van der Waals surface area (Å²) >= 11 is 0. The lowest BCUT2D eigenvalue weighted by atomic mass is 9.49. The van der Waals surface area contributed by atoms with Gasteiger partial charge in [-0.2, -0.15) is 0 Å². The largest absolute Gasteiger partial charge is 0.457 e. The fourth-order valence-electron chi connectivity index (χ4n) is 12.9. The second-order valence-electron chi connectivity index (χ2n) is 16.0. The van der Waals surface area contributed by atoms with E-state index in [1.807, 2.05) is 0 Å². The van der Waals surface area contributed by atoms with Crippen molar-refractivity contribution in [1.82, 2.24) is 5.32 Å². The van der Waals surface area contributed by atoms with Crippen LogP contribution in [0.25, 0.3) is 0 Å². The standard InChI is InChI=1S/C33H55NO4/c1-19-32-16-9-15-31(7)22-10-12-24(28(30(5,6)36)37-20(2)35)38-25(22)18-23(31)21(32)11-13-26-29(3,4)27(34-8)14-17-33(19,26)32/h19,21-28,34,36H,9-18H2,1-8H3. The van der Waals surface area contributed by atoms with Crippen LogP contribution in [0.3, 0.4) is 0 Å². The molecule has 5 aliphatic carbocycles. The molecule has 1 heterocycles. The van der Waals surface area contributed by atoms with E-state index in [1.54, 1.807) is 13.8 Å². The molecule has 6 fully saturated rings. The van der Waals surface area contributed by atoms with Crippen LogP contribution in [-0.2, 0) is 14.3 Å². The molecule has 6 rings (SSSR count). The number of fused-ring (bicyclic) bond motifs is 4. The van der Waals surface area contributed by atoms with E-state index in [-0.39, 0.29) is 18.2 Å². The van der Waals surface area contributed by atoms with E-state index in [9.17, 15) is 9.90 Å². The summed E-state index contributed by atoms with van der Waals surface area (Å²) in [4.78, 5) is 11.9. The molecule has 216 valence electrons. The van der Waals surface area contributed by atoms with Crippen molar-refractivity contribution in [1.29, 1.82) is 0 Å². The summed E-state index contributed by atoms with van der Waals surface area (Å²) in [6.07, 6.45) is 12.2. The quantitative estimate of drug-likeness (QED) is 0.430. The van der Waals surface area contributed by atoms with Crippen molar-refractivity contribution in [3.63, 3.8) is 0 Å². The van der Waals surface area contributed by atoms with Gasteiger partial charge in [0.05, 0.1) is 17.8 Å². The van der Waals surface area contributed by atoms with Gasteiger partial charge in [-0.25, -0.2) is 0 Å². The molecule has 0 aromatic heterocycles. The molecule has 12 unspecified atom stereocenters. The number of nitrogens with one attached hydrogen (secondary N) is 1. The summed E-state index contributed by atoms with van der Waals surface area (Å²) in [5.41, 5.74) is 0.635. The smallest absolute Gasteiger partial charge is 0.303 e. The van der Waals surface area contributed by atoms with Crippen LogP contribution in [0.15, 0.2) is 0 Å². The Hall–Kier alpha value is -0.650. The molecular formula is C33H55NO4. The van der Waals surface area contributed by atoms with E-state index in [2.05, 4.69) is 40.1 Å². The van der Waals surface area contributed by atoms with Crippen molar-refractivity contribution in [3.8, 4) is 0 Å². The van der Waals surface area contributed by atoms with Gasteiger partial charge >= 0.3 is 5.97 Å². The molecule has 12 atom stereocenters. The topological polar surface area (TPSA) is 67.8 Å². The van der Waals surface area contributed by atoms with E-state index in [0.717, 1.165) is 42.9 Å². The first kappa shape index (κ1) is 27.5. The number of rotatable bonds is 4. The summed E-state index contributed by atoms with van der Waals surface area (Å²) < 4.78 is 12.5. The lowest BCUT2D eigenvalue weighted by Crippen LogP contribution is -2.55. The molecule has 1 aliphatic heterocycles. The Morgan fingerprint density at radius 3 is 2.37 bits per heavy atom. The number of hydrogen-bond donors (Lipinski definition) is 2. The number of esters is 1. The number of carbonyl (C=O) groups is 1. The zero-order chi connectivity index (χ0) is 27.5. The van der Waals surface area contributed by atoms with Gasteiger partial charge < -0.3 is 19.9 Å². The minimum Gasteiger partial charge on any atom is -0.457 e. The van der Waals surface area contributed by atoms with E-state index in [1.165, 1.54) is 51.9 Å². The molecular weight excluding hydrogens is 474 g/mol. The van der Waals surface area contributed by atoms with Crippen LogP contribution < -0.4 is 5.32 Å². The highest BCUT2D eigenvalue weighted by molar-refractivity contribution is 5.66. The predicted octanol–water partition coefficient (Wildman–Crippen LogP) is 6.12. The number of aliphatic hydroxyl groups is 1. The van der Waals surface area contributed by atoms with Crippen LogP contribution >= 0.6 is 0 Å². The highest BCUT2D eigenvalue weighted by Gasteiger charge is 2.83. The zero-order valence-electron chi connectivity index (χ0n) is 25.4. The zero-order valence-corrected chi connectivity index (χ0v) is 25.4. The SMILES string of the molecule is CNC1CCC23C(CCC4C5CC6OC(C(OC(C)=O)C(C)(C)O)CCC6C5(C)CCCC42C3C)C1(C)C. The molecule has 5 nitrogen and oxygen atoms in total. The maximum absolute atomic E-state index is 11.9. The lowest BCUT2D eigenvalue weighted by molar-refractivity contribution is -0.199. The predicted molar refractivity (Wildman–Crippen MR) is 149 cm³/mol. The van der Waals surface area contributed by atoms with Gasteiger partial charge in [-0.15, -0.1) is 0 Å². The van der Waals surface area contributed by atoms with Crippen molar-refractivity contribution in [2.24, 2.45) is 51.2 Å². The molecule has 0 radical (unpaired) electrons. The Morgan fingerprint density at radius 1 is 1.00 bits per heavy atom. The molecule has 1 saturated heterocycles. The molecule has 6 aliphatic rings. The van der Waals surface area contributed by atoms with Gasteiger partial charge in [-0.3, -0.25) is 4.79 Å². The van der Waals surface area contributed by atoms with Crippen LogP contribution in [0.2, 0.25) is 0 Å². The summed E-state index contributed by atoms with van der Waals surface area (Å²) in [5, 5.41) is 14.6. The van der Waals surface area contributed by atoms with Crippen LogP contribution in [0.5, 0.6) is 0 Å². The summed E-state index contributed by atoms with van der Waals surface area (Å²) in [7, 11) is 2.18. The van der Waals surface area contributed by atoms with Crippen molar-refractivity contribution >= 4 is 5.97 Å². The highest BCUT2D eigenvalue weighted by Crippen LogP contribution is 2.88. The average molecular weight is 530 g/mol. The third kappa shape index (κ3) is 3.43. The Morgan fingerprint density at radius 2 is 1.71 bits per heavy atom. The molecule has 5 heteroatoms. The van der Waals surface area contributed by atoms with E-state index < -0.39 is 11.7 Å². The van der Waals surface area contributed by atoms with Gasteiger partial charge in [0.15, 0.2) is 6.10 Å². The second-order valence-corrected chi connectivity index (χ2v) is 16.0.